The minimum Gasteiger partial charge on any atom is -0.455 e. The number of aromatic nitrogens is 2. The molecule has 3 heterocycles. The monoisotopic (exact) mass is 739 g/mol. The Morgan fingerprint density at radius 3 is 1.79 bits per heavy atom. The Morgan fingerprint density at radius 2 is 1.02 bits per heavy atom. The van der Waals surface area contributed by atoms with Crippen molar-refractivity contribution in [3.63, 3.8) is 0 Å². The van der Waals surface area contributed by atoms with Crippen LogP contribution < -0.4 is 0 Å². The van der Waals surface area contributed by atoms with Crippen LogP contribution >= 0.6 is 0 Å². The third kappa shape index (κ3) is 5.57. The van der Waals surface area contributed by atoms with E-state index in [0.717, 1.165) is 99.9 Å². The van der Waals surface area contributed by atoms with Crippen molar-refractivity contribution in [1.82, 2.24) is 9.55 Å². The lowest BCUT2D eigenvalue weighted by Gasteiger charge is -2.16. The maximum absolute atomic E-state index is 8.11. The number of hydrogen-bond donors (Lipinski definition) is 0. The van der Waals surface area contributed by atoms with Crippen LogP contribution in [0.25, 0.3) is 110 Å². The molecule has 0 N–H and O–H groups in total. The molecule has 0 amide bonds. The van der Waals surface area contributed by atoms with Gasteiger partial charge in [0.05, 0.1) is 29.0 Å². The molecule has 0 aliphatic carbocycles. The van der Waals surface area contributed by atoms with E-state index in [1.54, 1.807) is 0 Å². The molecule has 0 atom stereocenters. The van der Waals surface area contributed by atoms with Crippen LogP contribution in [0.3, 0.4) is 0 Å². The zero-order valence-corrected chi connectivity index (χ0v) is 31.3. The average Bonchev–Trinajstić information content (AvgIpc) is 3.85. The van der Waals surface area contributed by atoms with E-state index >= 15 is 0 Å². The van der Waals surface area contributed by atoms with E-state index in [-0.39, 0.29) is 0 Å². The molecule has 0 fully saturated rings. The molecule has 0 bridgehead atoms. The molecular formula is C54H33N3O. The van der Waals surface area contributed by atoms with Crippen LogP contribution in [0.15, 0.2) is 205 Å². The van der Waals surface area contributed by atoms with Crippen molar-refractivity contribution in [3.05, 3.63) is 212 Å². The first kappa shape index (κ1) is 33.3. The molecule has 0 aliphatic rings. The topological polar surface area (TPSA) is 35.3 Å². The summed E-state index contributed by atoms with van der Waals surface area (Å²) in [5.74, 6) is 0. The lowest BCUT2D eigenvalue weighted by molar-refractivity contribution is 0.670. The predicted molar refractivity (Wildman–Crippen MR) is 239 cm³/mol. The van der Waals surface area contributed by atoms with Crippen LogP contribution in [-0.4, -0.2) is 9.55 Å². The molecule has 58 heavy (non-hydrogen) atoms. The van der Waals surface area contributed by atoms with Crippen LogP contribution in [0, 0.1) is 6.57 Å². The molecule has 4 nitrogen and oxygen atoms in total. The van der Waals surface area contributed by atoms with Crippen LogP contribution in [0.5, 0.6) is 0 Å². The molecule has 0 aliphatic heterocycles. The van der Waals surface area contributed by atoms with Crippen LogP contribution in [0.4, 0.5) is 5.69 Å². The van der Waals surface area contributed by atoms with Crippen LogP contribution in [0.2, 0.25) is 0 Å². The smallest absolute Gasteiger partial charge is 0.194 e. The van der Waals surface area contributed by atoms with Gasteiger partial charge in [0.1, 0.15) is 11.2 Å². The first-order chi connectivity index (χ1) is 28.7. The number of hydrogen-bond acceptors (Lipinski definition) is 2. The molecule has 3 aromatic heterocycles. The summed E-state index contributed by atoms with van der Waals surface area (Å²) >= 11 is 0. The highest BCUT2D eigenvalue weighted by Gasteiger charge is 2.19. The Labute approximate surface area is 335 Å². The second-order valence-electron chi connectivity index (χ2n) is 14.6. The SMILES string of the molecule is [C-]#[N+]c1ccccc1-c1cc(-c2cc(-c3ccccc3)nc(-c3ccccc3)c2)cc(-n2c3ccccc3c3ccc(-c4cccc5c4oc4ccccc45)cc32)c1. The van der Waals surface area contributed by atoms with Crippen LogP contribution in [0.1, 0.15) is 0 Å². The van der Waals surface area contributed by atoms with Gasteiger partial charge in [-0.25, -0.2) is 9.83 Å². The molecule has 270 valence electrons. The minimum absolute atomic E-state index is 0.610. The van der Waals surface area contributed by atoms with Crippen molar-refractivity contribution >= 4 is 49.4 Å². The summed E-state index contributed by atoms with van der Waals surface area (Å²) in [6.07, 6.45) is 0. The second-order valence-corrected chi connectivity index (χ2v) is 14.6. The molecule has 0 spiro atoms. The third-order valence-electron chi connectivity index (χ3n) is 11.2. The number of benzene rings is 8. The van der Waals surface area contributed by atoms with E-state index in [4.69, 9.17) is 16.0 Å². The van der Waals surface area contributed by atoms with E-state index in [1.165, 1.54) is 5.39 Å². The summed E-state index contributed by atoms with van der Waals surface area (Å²) in [6, 6.07) is 69.7. The zero-order valence-electron chi connectivity index (χ0n) is 31.3. The Hall–Kier alpha value is -8.00. The number of furan rings is 1. The van der Waals surface area contributed by atoms with E-state index < -0.39 is 0 Å². The maximum atomic E-state index is 8.11. The molecule has 8 aromatic carbocycles. The average molecular weight is 740 g/mol. The lowest BCUT2D eigenvalue weighted by Crippen LogP contribution is -1.97. The number of nitrogens with zero attached hydrogens (tertiary/aromatic N) is 3. The Kier molecular flexibility index (Phi) is 7.84. The summed E-state index contributed by atoms with van der Waals surface area (Å²) in [4.78, 5) is 9.14. The van der Waals surface area contributed by atoms with E-state index in [2.05, 4.69) is 161 Å². The van der Waals surface area contributed by atoms with Gasteiger partial charge in [0.2, 0.25) is 0 Å². The molecule has 11 aromatic rings. The van der Waals surface area contributed by atoms with Gasteiger partial charge in [-0.1, -0.05) is 152 Å². The number of rotatable bonds is 6. The number of pyridine rings is 1. The molecular weight excluding hydrogens is 707 g/mol. The zero-order chi connectivity index (χ0) is 38.6. The largest absolute Gasteiger partial charge is 0.455 e. The molecule has 0 saturated carbocycles. The second kappa shape index (κ2) is 13.6. The fraction of sp³-hybridized carbons (Fsp3) is 0. The van der Waals surface area contributed by atoms with Gasteiger partial charge in [0.25, 0.3) is 0 Å². The summed E-state index contributed by atoms with van der Waals surface area (Å²) in [5, 5.41) is 4.54. The maximum Gasteiger partial charge on any atom is 0.194 e. The third-order valence-corrected chi connectivity index (χ3v) is 11.2. The fourth-order valence-electron chi connectivity index (χ4n) is 8.48. The highest BCUT2D eigenvalue weighted by Crippen LogP contribution is 2.42. The first-order valence-corrected chi connectivity index (χ1v) is 19.4. The van der Waals surface area contributed by atoms with Crippen LogP contribution in [-0.2, 0) is 0 Å². The van der Waals surface area contributed by atoms with Gasteiger partial charge in [0.15, 0.2) is 5.69 Å². The van der Waals surface area contributed by atoms with Gasteiger partial charge >= 0.3 is 0 Å². The standard InChI is InChI=1S/C54H33N3O/c1-55-48-24-11-8-19-42(48)40-29-38(39-32-49(35-15-4-2-5-16-35)56-50(33-39)36-17-6-3-7-18-36)30-41(31-40)57-51-25-12-9-20-44(51)45-28-27-37(34-52(45)57)43-22-14-23-47-46-21-10-13-26-53(46)58-54(43)47/h2-34H. The summed E-state index contributed by atoms with van der Waals surface area (Å²) in [6.45, 7) is 8.11. The van der Waals surface area contributed by atoms with Crippen molar-refractivity contribution in [2.75, 3.05) is 0 Å². The number of fused-ring (bicyclic) bond motifs is 6. The molecule has 11 rings (SSSR count). The van der Waals surface area contributed by atoms with Gasteiger partial charge in [-0.15, -0.1) is 0 Å². The van der Waals surface area contributed by atoms with Crippen molar-refractivity contribution in [3.8, 4) is 61.6 Å². The quantitative estimate of drug-likeness (QED) is 0.159. The van der Waals surface area contributed by atoms with Gasteiger partial charge in [-0.3, -0.25) is 0 Å². The van der Waals surface area contributed by atoms with Crippen molar-refractivity contribution in [1.29, 1.82) is 0 Å². The van der Waals surface area contributed by atoms with E-state index in [9.17, 15) is 0 Å². The van der Waals surface area contributed by atoms with E-state index in [1.807, 2.05) is 48.5 Å². The Balaban J connectivity index is 1.19. The van der Waals surface area contributed by atoms with E-state index in [0.29, 0.717) is 5.69 Å². The highest BCUT2D eigenvalue weighted by molar-refractivity contribution is 6.13. The molecule has 0 unspecified atom stereocenters. The summed E-state index contributed by atoms with van der Waals surface area (Å²) in [5.41, 5.74) is 15.5. The predicted octanol–water partition coefficient (Wildman–Crippen LogP) is 15.0. The highest BCUT2D eigenvalue weighted by atomic mass is 16.3. The van der Waals surface area contributed by atoms with Gasteiger partial charge in [-0.2, -0.15) is 0 Å². The summed E-state index contributed by atoms with van der Waals surface area (Å²) in [7, 11) is 0. The molecule has 0 radical (unpaired) electrons. The Morgan fingerprint density at radius 1 is 0.414 bits per heavy atom. The van der Waals surface area contributed by atoms with Gasteiger partial charge < -0.3 is 8.98 Å². The molecule has 4 heteroatoms. The summed E-state index contributed by atoms with van der Waals surface area (Å²) < 4.78 is 8.89. The minimum atomic E-state index is 0.610. The first-order valence-electron chi connectivity index (χ1n) is 19.4. The fourth-order valence-corrected chi connectivity index (χ4v) is 8.48. The lowest BCUT2D eigenvalue weighted by atomic mass is 9.95. The van der Waals surface area contributed by atoms with Crippen molar-refractivity contribution < 1.29 is 4.42 Å². The van der Waals surface area contributed by atoms with Crippen molar-refractivity contribution in [2.45, 2.75) is 0 Å². The Bertz CT molecular complexity index is 3350. The molecule has 0 saturated heterocycles. The van der Waals surface area contributed by atoms with Gasteiger partial charge in [-0.05, 0) is 76.3 Å². The van der Waals surface area contributed by atoms with Gasteiger partial charge in [0, 0.05) is 43.9 Å². The number of para-hydroxylation sites is 4. The van der Waals surface area contributed by atoms with Crippen molar-refractivity contribution in [2.24, 2.45) is 0 Å². The normalized spacial score (nSPS) is 11.4.